The molecule has 0 aliphatic rings. The molecule has 1 aromatic rings. The summed E-state index contributed by atoms with van der Waals surface area (Å²) in [5.41, 5.74) is -0.212. The third kappa shape index (κ3) is 3.16. The Kier molecular flexibility index (Phi) is 5.44. The zero-order valence-electron chi connectivity index (χ0n) is 11.2. The molecule has 1 aromatic carbocycles. The van der Waals surface area contributed by atoms with Crippen LogP contribution in [0, 0.1) is 0 Å². The first-order chi connectivity index (χ1) is 8.47. The highest BCUT2D eigenvalue weighted by atomic mass is 79.9. The molecule has 102 valence electrons. The monoisotopic (exact) mass is 317 g/mol. The molecule has 0 saturated heterocycles. The lowest BCUT2D eigenvalue weighted by atomic mass is 9.91. The van der Waals surface area contributed by atoms with Crippen molar-refractivity contribution >= 4 is 15.9 Å². The van der Waals surface area contributed by atoms with Crippen LogP contribution in [0.15, 0.2) is 16.6 Å². The standard InChI is InChI=1S/C13H20BrNO3/c1-13(16,7-8-15-2)9-5-6-10(17-3)11(14)12(9)18-4/h5-6,15-16H,7-8H2,1-4H3. The Morgan fingerprint density at radius 1 is 1.33 bits per heavy atom. The molecule has 0 spiro atoms. The van der Waals surface area contributed by atoms with Gasteiger partial charge in [-0.1, -0.05) is 0 Å². The van der Waals surface area contributed by atoms with Gasteiger partial charge in [0.15, 0.2) is 0 Å². The molecule has 0 bridgehead atoms. The minimum Gasteiger partial charge on any atom is -0.495 e. The predicted octanol–water partition coefficient (Wildman–Crippen LogP) is 2.28. The van der Waals surface area contributed by atoms with Crippen LogP contribution in [-0.2, 0) is 5.60 Å². The van der Waals surface area contributed by atoms with Gasteiger partial charge in [0.2, 0.25) is 0 Å². The van der Waals surface area contributed by atoms with Crippen molar-refractivity contribution in [2.24, 2.45) is 0 Å². The highest BCUT2D eigenvalue weighted by Crippen LogP contribution is 2.42. The van der Waals surface area contributed by atoms with E-state index in [1.54, 1.807) is 21.1 Å². The van der Waals surface area contributed by atoms with Gasteiger partial charge in [-0.15, -0.1) is 0 Å². The maximum absolute atomic E-state index is 10.5. The van der Waals surface area contributed by atoms with E-state index < -0.39 is 5.60 Å². The Morgan fingerprint density at radius 2 is 2.00 bits per heavy atom. The lowest BCUT2D eigenvalue weighted by Crippen LogP contribution is -2.27. The number of methoxy groups -OCH3 is 2. The summed E-state index contributed by atoms with van der Waals surface area (Å²) >= 11 is 3.44. The normalized spacial score (nSPS) is 14.1. The van der Waals surface area contributed by atoms with Crippen LogP contribution in [0.5, 0.6) is 11.5 Å². The molecule has 0 fully saturated rings. The molecule has 4 nitrogen and oxygen atoms in total. The van der Waals surface area contributed by atoms with Crippen LogP contribution in [0.4, 0.5) is 0 Å². The van der Waals surface area contributed by atoms with E-state index in [0.717, 1.165) is 16.6 Å². The summed E-state index contributed by atoms with van der Waals surface area (Å²) < 4.78 is 11.3. The zero-order valence-corrected chi connectivity index (χ0v) is 12.8. The summed E-state index contributed by atoms with van der Waals surface area (Å²) in [6, 6.07) is 3.65. The third-order valence-electron chi connectivity index (χ3n) is 2.93. The lowest BCUT2D eigenvalue weighted by molar-refractivity contribution is 0.0458. The highest BCUT2D eigenvalue weighted by molar-refractivity contribution is 9.10. The second-order valence-corrected chi connectivity index (χ2v) is 5.08. The lowest BCUT2D eigenvalue weighted by Gasteiger charge is -2.26. The van der Waals surface area contributed by atoms with Crippen molar-refractivity contribution < 1.29 is 14.6 Å². The van der Waals surface area contributed by atoms with Crippen LogP contribution < -0.4 is 14.8 Å². The molecule has 0 aliphatic heterocycles. The molecule has 2 N–H and O–H groups in total. The Hall–Kier alpha value is -0.780. The van der Waals surface area contributed by atoms with Crippen molar-refractivity contribution in [1.29, 1.82) is 0 Å². The first kappa shape index (κ1) is 15.3. The molecular formula is C13H20BrNO3. The van der Waals surface area contributed by atoms with E-state index >= 15 is 0 Å². The Labute approximate surface area is 116 Å². The summed E-state index contributed by atoms with van der Waals surface area (Å²) in [6.07, 6.45) is 0.596. The second-order valence-electron chi connectivity index (χ2n) is 4.29. The molecule has 5 heteroatoms. The van der Waals surface area contributed by atoms with Crippen molar-refractivity contribution in [1.82, 2.24) is 5.32 Å². The van der Waals surface area contributed by atoms with Crippen LogP contribution in [0.2, 0.25) is 0 Å². The first-order valence-corrected chi connectivity index (χ1v) is 6.55. The van der Waals surface area contributed by atoms with E-state index in [1.165, 1.54) is 0 Å². The molecule has 0 aromatic heterocycles. The maximum atomic E-state index is 10.5. The maximum Gasteiger partial charge on any atom is 0.142 e. The molecule has 0 saturated carbocycles. The van der Waals surface area contributed by atoms with Crippen LogP contribution in [-0.4, -0.2) is 32.9 Å². The smallest absolute Gasteiger partial charge is 0.142 e. The highest BCUT2D eigenvalue weighted by Gasteiger charge is 2.28. The van der Waals surface area contributed by atoms with Gasteiger partial charge < -0.3 is 19.9 Å². The molecule has 0 amide bonds. The topological polar surface area (TPSA) is 50.7 Å². The van der Waals surface area contributed by atoms with Gasteiger partial charge in [0.1, 0.15) is 16.0 Å². The summed E-state index contributed by atoms with van der Waals surface area (Å²) in [7, 11) is 5.03. The Bertz CT molecular complexity index is 407. The van der Waals surface area contributed by atoms with Gasteiger partial charge in [-0.05, 0) is 55.0 Å². The average molecular weight is 318 g/mol. The van der Waals surface area contributed by atoms with Crippen molar-refractivity contribution in [3.63, 3.8) is 0 Å². The van der Waals surface area contributed by atoms with E-state index in [2.05, 4.69) is 21.2 Å². The fraction of sp³-hybridized carbons (Fsp3) is 0.538. The minimum absolute atomic E-state index is 0.596. The van der Waals surface area contributed by atoms with Crippen molar-refractivity contribution in [2.45, 2.75) is 18.9 Å². The molecule has 1 atom stereocenters. The number of halogens is 1. The van der Waals surface area contributed by atoms with Crippen LogP contribution in [0.25, 0.3) is 0 Å². The van der Waals surface area contributed by atoms with E-state index in [4.69, 9.17) is 9.47 Å². The quantitative estimate of drug-likeness (QED) is 0.845. The van der Waals surface area contributed by atoms with Crippen molar-refractivity contribution in [3.8, 4) is 11.5 Å². The number of nitrogens with one attached hydrogen (secondary N) is 1. The van der Waals surface area contributed by atoms with Crippen LogP contribution in [0.3, 0.4) is 0 Å². The van der Waals surface area contributed by atoms with Crippen LogP contribution in [0.1, 0.15) is 18.9 Å². The van der Waals surface area contributed by atoms with E-state index in [0.29, 0.717) is 17.9 Å². The van der Waals surface area contributed by atoms with Gasteiger partial charge in [-0.2, -0.15) is 0 Å². The second kappa shape index (κ2) is 6.41. The number of benzene rings is 1. The molecule has 0 radical (unpaired) electrons. The number of aliphatic hydroxyl groups is 1. The Balaban J connectivity index is 3.19. The molecule has 18 heavy (non-hydrogen) atoms. The summed E-state index contributed by atoms with van der Waals surface area (Å²) in [6.45, 7) is 2.50. The van der Waals surface area contributed by atoms with Gasteiger partial charge >= 0.3 is 0 Å². The number of ether oxygens (including phenoxy) is 2. The molecular weight excluding hydrogens is 298 g/mol. The van der Waals surface area contributed by atoms with Gasteiger partial charge in [0.05, 0.1) is 19.8 Å². The average Bonchev–Trinajstić information content (AvgIpc) is 2.36. The fourth-order valence-electron chi connectivity index (χ4n) is 1.82. The van der Waals surface area contributed by atoms with E-state index in [-0.39, 0.29) is 0 Å². The van der Waals surface area contributed by atoms with Gasteiger partial charge in [0.25, 0.3) is 0 Å². The minimum atomic E-state index is -0.955. The van der Waals surface area contributed by atoms with Crippen molar-refractivity contribution in [2.75, 3.05) is 27.8 Å². The molecule has 0 aliphatic carbocycles. The Morgan fingerprint density at radius 3 is 2.50 bits per heavy atom. The number of rotatable bonds is 6. The largest absolute Gasteiger partial charge is 0.495 e. The SMILES string of the molecule is CNCCC(C)(O)c1ccc(OC)c(Br)c1OC. The number of hydrogen-bond donors (Lipinski definition) is 2. The summed E-state index contributed by atoms with van der Waals surface area (Å²) in [5.74, 6) is 1.29. The third-order valence-corrected chi connectivity index (χ3v) is 3.68. The molecule has 1 unspecified atom stereocenters. The summed E-state index contributed by atoms with van der Waals surface area (Å²) in [4.78, 5) is 0. The van der Waals surface area contributed by atoms with Crippen LogP contribution >= 0.6 is 15.9 Å². The van der Waals surface area contributed by atoms with Gasteiger partial charge in [-0.25, -0.2) is 0 Å². The molecule has 1 rings (SSSR count). The zero-order chi connectivity index (χ0) is 13.8. The van der Waals surface area contributed by atoms with Gasteiger partial charge in [0, 0.05) is 5.56 Å². The van der Waals surface area contributed by atoms with E-state index in [1.807, 2.05) is 19.2 Å². The predicted molar refractivity (Wildman–Crippen MR) is 75.4 cm³/mol. The van der Waals surface area contributed by atoms with Gasteiger partial charge in [-0.3, -0.25) is 0 Å². The summed E-state index contributed by atoms with van der Waals surface area (Å²) in [5, 5.41) is 13.6. The fourth-order valence-corrected chi connectivity index (χ4v) is 2.49. The molecule has 0 heterocycles. The van der Waals surface area contributed by atoms with Crippen molar-refractivity contribution in [3.05, 3.63) is 22.2 Å². The number of hydrogen-bond acceptors (Lipinski definition) is 4. The first-order valence-electron chi connectivity index (χ1n) is 5.76. The van der Waals surface area contributed by atoms with E-state index in [9.17, 15) is 5.11 Å².